The predicted molar refractivity (Wildman–Crippen MR) is 90.7 cm³/mol. The Morgan fingerprint density at radius 3 is 2.48 bits per heavy atom. The van der Waals surface area contributed by atoms with E-state index in [0.717, 1.165) is 24.0 Å². The van der Waals surface area contributed by atoms with Crippen LogP contribution in [0.4, 0.5) is 4.39 Å². The molecule has 1 aliphatic carbocycles. The molecule has 1 saturated carbocycles. The molecule has 2 aromatic rings. The van der Waals surface area contributed by atoms with Gasteiger partial charge in [-0.05, 0) is 53.8 Å². The van der Waals surface area contributed by atoms with Crippen molar-refractivity contribution in [1.82, 2.24) is 20.2 Å². The van der Waals surface area contributed by atoms with Gasteiger partial charge in [-0.15, -0.1) is 5.10 Å². The molecule has 7 heteroatoms. The summed E-state index contributed by atoms with van der Waals surface area (Å²) in [5, 5.41) is 12.2. The number of nitrogens with zero attached hydrogens (tertiary/aromatic N) is 4. The highest BCUT2D eigenvalue weighted by atomic mass is 19.1. The fourth-order valence-corrected chi connectivity index (χ4v) is 4.30. The van der Waals surface area contributed by atoms with E-state index in [1.54, 1.807) is 17.0 Å². The van der Waals surface area contributed by atoms with E-state index in [9.17, 15) is 4.39 Å². The minimum absolute atomic E-state index is 0.215. The molecule has 0 bridgehead atoms. The maximum Gasteiger partial charge on any atom is 0.206 e. The lowest BCUT2D eigenvalue weighted by atomic mass is 10.2. The summed E-state index contributed by atoms with van der Waals surface area (Å²) in [5.41, 5.74) is 1.01. The van der Waals surface area contributed by atoms with E-state index in [-0.39, 0.29) is 5.82 Å². The van der Waals surface area contributed by atoms with Crippen LogP contribution in [0.3, 0.4) is 0 Å². The molecule has 0 atom stereocenters. The van der Waals surface area contributed by atoms with Gasteiger partial charge in [0.2, 0.25) is 5.82 Å². The average Bonchev–Trinajstić information content (AvgIpc) is 3.30. The molecule has 0 spiro atoms. The molecular weight excluding hydrogens is 319 g/mol. The summed E-state index contributed by atoms with van der Waals surface area (Å²) >= 11 is 0. The van der Waals surface area contributed by atoms with Crippen LogP contribution in [0.5, 0.6) is 0 Å². The third-order valence-corrected chi connectivity index (χ3v) is 5.79. The van der Waals surface area contributed by atoms with Crippen LogP contribution in [-0.2, 0) is 13.1 Å². The highest BCUT2D eigenvalue weighted by molar-refractivity contribution is 5.16. The molecule has 1 aromatic heterocycles. The quantitative estimate of drug-likeness (QED) is 0.737. The molecule has 2 N–H and O–H groups in total. The first-order chi connectivity index (χ1) is 12.3. The van der Waals surface area contributed by atoms with Crippen molar-refractivity contribution >= 4 is 0 Å². The number of halogens is 1. The van der Waals surface area contributed by atoms with Crippen LogP contribution in [0.2, 0.25) is 0 Å². The second-order valence-electron chi connectivity index (χ2n) is 7.45. The summed E-state index contributed by atoms with van der Waals surface area (Å²) in [6.07, 6.45) is 5.67. The Hall–Kier alpha value is -1.86. The van der Waals surface area contributed by atoms with Crippen LogP contribution in [0, 0.1) is 5.82 Å². The van der Waals surface area contributed by atoms with Crippen LogP contribution in [-0.4, -0.2) is 52.4 Å². The lowest BCUT2D eigenvalue weighted by Gasteiger charge is -2.32. The molecule has 6 nitrogen and oxygen atoms in total. The Morgan fingerprint density at radius 2 is 1.76 bits per heavy atom. The molecule has 0 amide bonds. The Balaban J connectivity index is 1.33. The Kier molecular flexibility index (Phi) is 5.03. The second-order valence-corrected chi connectivity index (χ2v) is 7.45. The molecule has 0 unspecified atom stereocenters. The van der Waals surface area contributed by atoms with Crippen LogP contribution in [0.15, 0.2) is 24.3 Å². The van der Waals surface area contributed by atoms with Crippen molar-refractivity contribution < 1.29 is 14.2 Å². The van der Waals surface area contributed by atoms with Gasteiger partial charge >= 0.3 is 0 Å². The molecular formula is C18H27FN6+2. The highest BCUT2D eigenvalue weighted by Gasteiger charge is 2.31. The number of tetrazole rings is 1. The van der Waals surface area contributed by atoms with Gasteiger partial charge in [-0.1, -0.05) is 12.1 Å². The Bertz CT molecular complexity index is 671. The molecule has 1 aliphatic heterocycles. The smallest absolute Gasteiger partial charge is 0.206 e. The van der Waals surface area contributed by atoms with Crippen molar-refractivity contribution in [3.63, 3.8) is 0 Å². The average molecular weight is 346 g/mol. The SMILES string of the molecule is Fc1ccc(Cn2nnnc2C[NH+]2CC[NH+](C3CCCC3)CC2)cc1. The summed E-state index contributed by atoms with van der Waals surface area (Å²) < 4.78 is 14.9. The first kappa shape index (κ1) is 16.6. The molecule has 134 valence electrons. The van der Waals surface area contributed by atoms with Gasteiger partial charge in [-0.25, -0.2) is 9.07 Å². The molecule has 2 aliphatic rings. The molecule has 4 rings (SSSR count). The van der Waals surface area contributed by atoms with E-state index < -0.39 is 0 Å². The first-order valence-electron chi connectivity index (χ1n) is 9.45. The third kappa shape index (κ3) is 4.04. The standard InChI is InChI=1S/C18H25FN6/c19-16-7-5-15(6-8-16)13-25-18(20-21-22-25)14-23-9-11-24(12-10-23)17-3-1-2-4-17/h5-8,17H,1-4,9-14H2/p+2. The summed E-state index contributed by atoms with van der Waals surface area (Å²) in [6.45, 7) is 6.37. The van der Waals surface area contributed by atoms with Crippen molar-refractivity contribution in [2.24, 2.45) is 0 Å². The number of aromatic nitrogens is 4. The topological polar surface area (TPSA) is 52.5 Å². The number of rotatable bonds is 5. The summed E-state index contributed by atoms with van der Waals surface area (Å²) in [4.78, 5) is 3.38. The number of quaternary nitrogens is 2. The molecule has 25 heavy (non-hydrogen) atoms. The van der Waals surface area contributed by atoms with Gasteiger partial charge in [-0.3, -0.25) is 0 Å². The van der Waals surface area contributed by atoms with Gasteiger partial charge in [0.25, 0.3) is 0 Å². The largest absolute Gasteiger partial charge is 0.323 e. The number of benzene rings is 1. The second kappa shape index (κ2) is 7.58. The Morgan fingerprint density at radius 1 is 1.04 bits per heavy atom. The maximum atomic E-state index is 13.0. The van der Waals surface area contributed by atoms with Gasteiger partial charge in [0.05, 0.1) is 12.6 Å². The van der Waals surface area contributed by atoms with Crippen molar-refractivity contribution in [2.45, 2.75) is 44.8 Å². The zero-order chi connectivity index (χ0) is 17.1. The third-order valence-electron chi connectivity index (χ3n) is 5.79. The van der Waals surface area contributed by atoms with Crippen LogP contribution >= 0.6 is 0 Å². The van der Waals surface area contributed by atoms with Gasteiger partial charge in [0.1, 0.15) is 38.5 Å². The maximum absolute atomic E-state index is 13.0. The van der Waals surface area contributed by atoms with E-state index in [1.807, 2.05) is 9.58 Å². The minimum Gasteiger partial charge on any atom is -0.323 e. The molecule has 0 radical (unpaired) electrons. The first-order valence-corrected chi connectivity index (χ1v) is 9.45. The van der Waals surface area contributed by atoms with E-state index >= 15 is 0 Å². The number of hydrogen-bond donors (Lipinski definition) is 2. The number of hydrogen-bond acceptors (Lipinski definition) is 3. The van der Waals surface area contributed by atoms with Crippen LogP contribution < -0.4 is 9.80 Å². The normalized spacial score (nSPS) is 24.7. The zero-order valence-electron chi connectivity index (χ0n) is 14.6. The summed E-state index contributed by atoms with van der Waals surface area (Å²) in [5.74, 6) is 0.705. The van der Waals surface area contributed by atoms with E-state index in [2.05, 4.69) is 15.5 Å². The lowest BCUT2D eigenvalue weighted by Crippen LogP contribution is -3.29. The fraction of sp³-hybridized carbons (Fsp3) is 0.611. The van der Waals surface area contributed by atoms with Crippen LogP contribution in [0.25, 0.3) is 0 Å². The van der Waals surface area contributed by atoms with Gasteiger partial charge in [0.15, 0.2) is 0 Å². The van der Waals surface area contributed by atoms with E-state index in [1.165, 1.54) is 64.0 Å². The molecule has 1 saturated heterocycles. The fourth-order valence-electron chi connectivity index (χ4n) is 4.30. The minimum atomic E-state index is -0.215. The summed E-state index contributed by atoms with van der Waals surface area (Å²) in [6, 6.07) is 7.45. The molecule has 1 aromatic carbocycles. The van der Waals surface area contributed by atoms with E-state index in [4.69, 9.17) is 0 Å². The monoisotopic (exact) mass is 346 g/mol. The number of nitrogens with one attached hydrogen (secondary N) is 2. The van der Waals surface area contributed by atoms with Crippen molar-refractivity contribution in [3.05, 3.63) is 41.5 Å². The van der Waals surface area contributed by atoms with Crippen molar-refractivity contribution in [2.75, 3.05) is 26.2 Å². The summed E-state index contributed by atoms with van der Waals surface area (Å²) in [7, 11) is 0. The zero-order valence-corrected chi connectivity index (χ0v) is 14.6. The van der Waals surface area contributed by atoms with Gasteiger partial charge in [0, 0.05) is 0 Å². The molecule has 2 heterocycles. The van der Waals surface area contributed by atoms with Gasteiger partial charge < -0.3 is 9.80 Å². The van der Waals surface area contributed by atoms with Crippen LogP contribution in [0.1, 0.15) is 37.1 Å². The van der Waals surface area contributed by atoms with Gasteiger partial charge in [-0.2, -0.15) is 0 Å². The predicted octanol–water partition coefficient (Wildman–Crippen LogP) is -0.913. The Labute approximate surface area is 147 Å². The number of piperazine rings is 1. The highest BCUT2D eigenvalue weighted by Crippen LogP contribution is 2.15. The van der Waals surface area contributed by atoms with E-state index in [0.29, 0.717) is 6.54 Å². The van der Waals surface area contributed by atoms with Crippen molar-refractivity contribution in [1.29, 1.82) is 0 Å². The van der Waals surface area contributed by atoms with Crippen molar-refractivity contribution in [3.8, 4) is 0 Å². The molecule has 2 fully saturated rings. The lowest BCUT2D eigenvalue weighted by molar-refractivity contribution is -1.03.